The van der Waals surface area contributed by atoms with Gasteiger partial charge in [0.1, 0.15) is 0 Å². The van der Waals surface area contributed by atoms with Gasteiger partial charge in [0, 0.05) is 24.2 Å². The second-order valence-corrected chi connectivity index (χ2v) is 3.93. The smallest absolute Gasteiger partial charge is 0.0308 e. The minimum atomic E-state index is -0.387. The third-order valence-corrected chi connectivity index (χ3v) is 1.86. The molecule has 0 radical (unpaired) electrons. The van der Waals surface area contributed by atoms with Gasteiger partial charge in [-0.25, -0.2) is 0 Å². The SMILES string of the molecule is CC(N)CC(N)(CN)CC(C)N. The Morgan fingerprint density at radius 3 is 1.58 bits per heavy atom. The van der Waals surface area contributed by atoms with E-state index in [1.54, 1.807) is 0 Å². The summed E-state index contributed by atoms with van der Waals surface area (Å²) in [4.78, 5) is 0. The van der Waals surface area contributed by atoms with Crippen molar-refractivity contribution in [3.05, 3.63) is 0 Å². The Hall–Kier alpha value is -0.160. The molecule has 0 aromatic rings. The van der Waals surface area contributed by atoms with Crippen LogP contribution in [-0.2, 0) is 0 Å². The standard InChI is InChI=1S/C8H22N4/c1-6(10)3-8(12,5-9)4-7(2)11/h6-7H,3-5,9-12H2,1-2H3. The zero-order chi connectivity index (χ0) is 9.78. The molecule has 0 aliphatic rings. The number of rotatable bonds is 5. The van der Waals surface area contributed by atoms with E-state index in [2.05, 4.69) is 0 Å². The van der Waals surface area contributed by atoms with Crippen LogP contribution in [0.25, 0.3) is 0 Å². The summed E-state index contributed by atoms with van der Waals surface area (Å²) in [7, 11) is 0. The number of hydrogen-bond donors (Lipinski definition) is 4. The number of hydrogen-bond acceptors (Lipinski definition) is 4. The molecule has 0 amide bonds. The van der Waals surface area contributed by atoms with Crippen LogP contribution in [0.5, 0.6) is 0 Å². The molecule has 0 aliphatic carbocycles. The minimum Gasteiger partial charge on any atom is -0.329 e. The van der Waals surface area contributed by atoms with Gasteiger partial charge in [-0.05, 0) is 26.7 Å². The van der Waals surface area contributed by atoms with Crippen LogP contribution in [-0.4, -0.2) is 24.2 Å². The third kappa shape index (κ3) is 4.66. The predicted octanol–water partition coefficient (Wildman–Crippen LogP) is -0.883. The van der Waals surface area contributed by atoms with Crippen LogP contribution >= 0.6 is 0 Å². The van der Waals surface area contributed by atoms with Crippen molar-refractivity contribution in [3.63, 3.8) is 0 Å². The first-order valence-electron chi connectivity index (χ1n) is 4.40. The fraction of sp³-hybridized carbons (Fsp3) is 1.00. The highest BCUT2D eigenvalue weighted by molar-refractivity contribution is 4.90. The molecule has 0 heterocycles. The van der Waals surface area contributed by atoms with Crippen molar-refractivity contribution in [1.29, 1.82) is 0 Å². The fourth-order valence-electron chi connectivity index (χ4n) is 1.53. The van der Waals surface area contributed by atoms with E-state index >= 15 is 0 Å². The highest BCUT2D eigenvalue weighted by Gasteiger charge is 2.25. The monoisotopic (exact) mass is 174 g/mol. The molecule has 12 heavy (non-hydrogen) atoms. The molecule has 4 heteroatoms. The summed E-state index contributed by atoms with van der Waals surface area (Å²) < 4.78 is 0. The minimum absolute atomic E-state index is 0.0808. The Morgan fingerprint density at radius 2 is 1.42 bits per heavy atom. The second-order valence-electron chi connectivity index (χ2n) is 3.93. The second kappa shape index (κ2) is 4.77. The Bertz CT molecular complexity index is 112. The van der Waals surface area contributed by atoms with Crippen molar-refractivity contribution < 1.29 is 0 Å². The summed E-state index contributed by atoms with van der Waals surface area (Å²) in [5, 5.41) is 0. The first-order valence-corrected chi connectivity index (χ1v) is 4.40. The third-order valence-electron chi connectivity index (χ3n) is 1.86. The summed E-state index contributed by atoms with van der Waals surface area (Å²) in [6.45, 7) is 4.30. The van der Waals surface area contributed by atoms with Crippen LogP contribution in [0, 0.1) is 0 Å². The van der Waals surface area contributed by atoms with Crippen LogP contribution in [0.1, 0.15) is 26.7 Å². The van der Waals surface area contributed by atoms with Gasteiger partial charge in [-0.15, -0.1) is 0 Å². The van der Waals surface area contributed by atoms with E-state index in [0.29, 0.717) is 6.54 Å². The average molecular weight is 174 g/mol. The molecular formula is C8H22N4. The lowest BCUT2D eigenvalue weighted by atomic mass is 9.87. The maximum absolute atomic E-state index is 6.01. The van der Waals surface area contributed by atoms with Gasteiger partial charge in [0.15, 0.2) is 0 Å². The van der Waals surface area contributed by atoms with Crippen LogP contribution < -0.4 is 22.9 Å². The van der Waals surface area contributed by atoms with Gasteiger partial charge < -0.3 is 22.9 Å². The summed E-state index contributed by atoms with van der Waals surface area (Å²) in [6.07, 6.45) is 1.45. The fourth-order valence-corrected chi connectivity index (χ4v) is 1.53. The quantitative estimate of drug-likeness (QED) is 0.434. The van der Waals surface area contributed by atoms with E-state index in [1.807, 2.05) is 13.8 Å². The summed E-state index contributed by atoms with van der Waals surface area (Å²) in [5.74, 6) is 0. The van der Waals surface area contributed by atoms with E-state index in [0.717, 1.165) is 12.8 Å². The van der Waals surface area contributed by atoms with Gasteiger partial charge in [0.05, 0.1) is 0 Å². The molecule has 2 atom stereocenters. The highest BCUT2D eigenvalue weighted by Crippen LogP contribution is 2.13. The molecule has 2 unspecified atom stereocenters. The van der Waals surface area contributed by atoms with Crippen molar-refractivity contribution in [1.82, 2.24) is 0 Å². The van der Waals surface area contributed by atoms with Gasteiger partial charge in [-0.3, -0.25) is 0 Å². The average Bonchev–Trinajstić information content (AvgIpc) is 1.83. The molecule has 4 nitrogen and oxygen atoms in total. The Balaban J connectivity index is 4.04. The maximum Gasteiger partial charge on any atom is 0.0308 e. The van der Waals surface area contributed by atoms with Crippen LogP contribution in [0.2, 0.25) is 0 Å². The Kier molecular flexibility index (Phi) is 4.70. The zero-order valence-electron chi connectivity index (χ0n) is 8.09. The Morgan fingerprint density at radius 1 is 1.08 bits per heavy atom. The van der Waals surface area contributed by atoms with Crippen LogP contribution in [0.15, 0.2) is 0 Å². The molecule has 0 aromatic heterocycles. The summed E-state index contributed by atoms with van der Waals surface area (Å²) in [6, 6.07) is 0.162. The molecule has 0 saturated heterocycles. The molecule has 0 bridgehead atoms. The lowest BCUT2D eigenvalue weighted by Crippen LogP contribution is -2.53. The molecule has 0 saturated carbocycles. The van der Waals surface area contributed by atoms with Crippen molar-refractivity contribution in [2.75, 3.05) is 6.54 Å². The van der Waals surface area contributed by atoms with E-state index in [4.69, 9.17) is 22.9 Å². The van der Waals surface area contributed by atoms with E-state index in [-0.39, 0.29) is 17.6 Å². The normalized spacial score (nSPS) is 21.5. The molecule has 0 rings (SSSR count). The first kappa shape index (κ1) is 11.8. The van der Waals surface area contributed by atoms with Crippen LogP contribution in [0.4, 0.5) is 0 Å². The number of nitrogens with two attached hydrogens (primary N) is 4. The van der Waals surface area contributed by atoms with Gasteiger partial charge in [-0.1, -0.05) is 0 Å². The Labute approximate surface area is 74.7 Å². The zero-order valence-corrected chi connectivity index (χ0v) is 8.09. The van der Waals surface area contributed by atoms with E-state index in [9.17, 15) is 0 Å². The molecule has 0 aliphatic heterocycles. The topological polar surface area (TPSA) is 104 Å². The molecular weight excluding hydrogens is 152 g/mol. The predicted molar refractivity (Wildman–Crippen MR) is 52.5 cm³/mol. The van der Waals surface area contributed by atoms with Crippen molar-refractivity contribution in [2.45, 2.75) is 44.3 Å². The molecule has 74 valence electrons. The highest BCUT2D eigenvalue weighted by atomic mass is 14.8. The van der Waals surface area contributed by atoms with Crippen molar-refractivity contribution >= 4 is 0 Å². The van der Waals surface area contributed by atoms with Crippen molar-refractivity contribution in [3.8, 4) is 0 Å². The maximum atomic E-state index is 6.01. The lowest BCUT2D eigenvalue weighted by molar-refractivity contribution is 0.331. The van der Waals surface area contributed by atoms with E-state index < -0.39 is 0 Å². The summed E-state index contributed by atoms with van der Waals surface area (Å²) >= 11 is 0. The van der Waals surface area contributed by atoms with Gasteiger partial charge in [0.2, 0.25) is 0 Å². The van der Waals surface area contributed by atoms with Gasteiger partial charge in [0.25, 0.3) is 0 Å². The molecule has 0 aromatic carbocycles. The first-order chi connectivity index (χ1) is 5.39. The van der Waals surface area contributed by atoms with Gasteiger partial charge in [-0.2, -0.15) is 0 Å². The van der Waals surface area contributed by atoms with Gasteiger partial charge >= 0.3 is 0 Å². The largest absolute Gasteiger partial charge is 0.329 e. The molecule has 0 fully saturated rings. The summed E-state index contributed by atoms with van der Waals surface area (Å²) in [5.41, 5.74) is 22.5. The molecule has 8 N–H and O–H groups in total. The van der Waals surface area contributed by atoms with Crippen molar-refractivity contribution in [2.24, 2.45) is 22.9 Å². The van der Waals surface area contributed by atoms with E-state index in [1.165, 1.54) is 0 Å². The van der Waals surface area contributed by atoms with Crippen LogP contribution in [0.3, 0.4) is 0 Å². The molecule has 0 spiro atoms. The lowest BCUT2D eigenvalue weighted by Gasteiger charge is -2.31.